The minimum absolute atomic E-state index is 0.349. The summed E-state index contributed by atoms with van der Waals surface area (Å²) in [6.45, 7) is 3.84. The van der Waals surface area contributed by atoms with E-state index in [0.717, 1.165) is 22.7 Å². The van der Waals surface area contributed by atoms with Crippen molar-refractivity contribution in [3.8, 4) is 0 Å². The molecule has 0 spiro atoms. The highest BCUT2D eigenvalue weighted by atomic mass is 32.2. The van der Waals surface area contributed by atoms with Crippen LogP contribution < -0.4 is 4.72 Å². The topological polar surface area (TPSA) is 105 Å². The average molecular weight is 345 g/mol. The van der Waals surface area contributed by atoms with Crippen LogP contribution in [0.15, 0.2) is 47.4 Å². The summed E-state index contributed by atoms with van der Waals surface area (Å²) in [5, 5.41) is 12.0. The fraction of sp³-hybridized carbons (Fsp3) is 0.125. The molecular weight excluding hydrogens is 330 g/mol. The van der Waals surface area contributed by atoms with Gasteiger partial charge < -0.3 is 4.98 Å². The van der Waals surface area contributed by atoms with Crippen LogP contribution in [0.1, 0.15) is 11.3 Å². The van der Waals surface area contributed by atoms with E-state index in [4.69, 9.17) is 0 Å². The molecule has 7 nitrogen and oxygen atoms in total. The Kier molecular flexibility index (Phi) is 3.76. The molecule has 24 heavy (non-hydrogen) atoms. The van der Waals surface area contributed by atoms with E-state index in [9.17, 15) is 18.5 Å². The van der Waals surface area contributed by atoms with Gasteiger partial charge in [0.2, 0.25) is 0 Å². The maximum Gasteiger partial charge on any atom is 0.289 e. The van der Waals surface area contributed by atoms with E-state index in [1.807, 2.05) is 19.9 Å². The predicted octanol–water partition coefficient (Wildman–Crippen LogP) is 3.49. The molecule has 0 unspecified atom stereocenters. The largest absolute Gasteiger partial charge is 0.357 e. The van der Waals surface area contributed by atoms with Gasteiger partial charge in [-0.25, -0.2) is 8.42 Å². The van der Waals surface area contributed by atoms with Crippen molar-refractivity contribution in [2.45, 2.75) is 18.7 Å². The zero-order valence-corrected chi connectivity index (χ0v) is 13.8. The molecule has 0 amide bonds. The Labute approximate surface area is 138 Å². The minimum atomic E-state index is -4.10. The lowest BCUT2D eigenvalue weighted by Crippen LogP contribution is -2.15. The Bertz CT molecular complexity index is 1050. The molecule has 3 aromatic rings. The fourth-order valence-electron chi connectivity index (χ4n) is 2.60. The van der Waals surface area contributed by atoms with Crippen molar-refractivity contribution in [1.82, 2.24) is 4.98 Å². The molecule has 3 rings (SSSR count). The maximum atomic E-state index is 12.6. The van der Waals surface area contributed by atoms with E-state index >= 15 is 0 Å². The van der Waals surface area contributed by atoms with Gasteiger partial charge in [-0.1, -0.05) is 24.3 Å². The first-order valence-electron chi connectivity index (χ1n) is 7.15. The third-order valence-electron chi connectivity index (χ3n) is 3.94. The highest BCUT2D eigenvalue weighted by Gasteiger charge is 2.26. The summed E-state index contributed by atoms with van der Waals surface area (Å²) in [6.07, 6.45) is 0. The van der Waals surface area contributed by atoms with Crippen molar-refractivity contribution in [2.24, 2.45) is 0 Å². The van der Waals surface area contributed by atoms with Crippen molar-refractivity contribution in [3.63, 3.8) is 0 Å². The first-order chi connectivity index (χ1) is 11.3. The molecule has 0 aliphatic rings. The monoisotopic (exact) mass is 345 g/mol. The van der Waals surface area contributed by atoms with E-state index in [-0.39, 0.29) is 4.90 Å². The highest BCUT2D eigenvalue weighted by Crippen LogP contribution is 2.30. The van der Waals surface area contributed by atoms with Crippen molar-refractivity contribution in [3.05, 3.63) is 63.8 Å². The SMILES string of the molecule is Cc1[nH]c2c(NS(=O)(=O)c3ccccc3[N+](=O)[O-])cccc2c1C. The van der Waals surface area contributed by atoms with Crippen LogP contribution in [0, 0.1) is 24.0 Å². The third kappa shape index (κ3) is 2.61. The van der Waals surface area contributed by atoms with Gasteiger partial charge in [0.1, 0.15) is 0 Å². The van der Waals surface area contributed by atoms with Crippen molar-refractivity contribution < 1.29 is 13.3 Å². The molecular formula is C16H15N3O4S. The number of hydrogen-bond acceptors (Lipinski definition) is 4. The molecule has 2 aromatic carbocycles. The van der Waals surface area contributed by atoms with Crippen LogP contribution in [-0.2, 0) is 10.0 Å². The predicted molar refractivity (Wildman–Crippen MR) is 91.7 cm³/mol. The summed E-state index contributed by atoms with van der Waals surface area (Å²) in [5.41, 5.74) is 2.49. The third-order valence-corrected chi connectivity index (χ3v) is 5.35. The van der Waals surface area contributed by atoms with Crippen LogP contribution in [0.3, 0.4) is 0 Å². The van der Waals surface area contributed by atoms with Crippen LogP contribution in [0.5, 0.6) is 0 Å². The van der Waals surface area contributed by atoms with Crippen molar-refractivity contribution in [1.29, 1.82) is 0 Å². The smallest absolute Gasteiger partial charge is 0.289 e. The van der Waals surface area contributed by atoms with Crippen LogP contribution in [0.2, 0.25) is 0 Å². The quantitative estimate of drug-likeness (QED) is 0.557. The van der Waals surface area contributed by atoms with Gasteiger partial charge >= 0.3 is 0 Å². The zero-order valence-electron chi connectivity index (χ0n) is 13.0. The number of sulfonamides is 1. The zero-order chi connectivity index (χ0) is 17.5. The number of para-hydroxylation sites is 2. The maximum absolute atomic E-state index is 12.6. The first kappa shape index (κ1) is 16.0. The summed E-state index contributed by atoms with van der Waals surface area (Å²) in [6, 6.07) is 10.5. The molecule has 8 heteroatoms. The molecule has 0 radical (unpaired) electrons. The van der Waals surface area contributed by atoms with Gasteiger partial charge in [-0.05, 0) is 31.5 Å². The molecule has 0 aliphatic heterocycles. The minimum Gasteiger partial charge on any atom is -0.357 e. The number of nitrogens with one attached hydrogen (secondary N) is 2. The molecule has 1 heterocycles. The number of aromatic nitrogens is 1. The lowest BCUT2D eigenvalue weighted by Gasteiger charge is -2.09. The number of benzene rings is 2. The van der Waals surface area contributed by atoms with Gasteiger partial charge in [0.25, 0.3) is 15.7 Å². The molecule has 2 N–H and O–H groups in total. The number of nitro benzene ring substituents is 1. The van der Waals surface area contributed by atoms with Gasteiger partial charge in [0.05, 0.1) is 16.1 Å². The Morgan fingerprint density at radius 1 is 1.08 bits per heavy atom. The summed E-state index contributed by atoms with van der Waals surface area (Å²) >= 11 is 0. The molecule has 1 aromatic heterocycles. The summed E-state index contributed by atoms with van der Waals surface area (Å²) in [7, 11) is -4.10. The number of fused-ring (bicyclic) bond motifs is 1. The summed E-state index contributed by atoms with van der Waals surface area (Å²) in [4.78, 5) is 13.2. The number of rotatable bonds is 4. The van der Waals surface area contributed by atoms with Gasteiger partial charge in [0.15, 0.2) is 4.90 Å². The molecule has 0 atom stereocenters. The molecule has 0 bridgehead atoms. The lowest BCUT2D eigenvalue weighted by molar-refractivity contribution is -0.387. The normalized spacial score (nSPS) is 11.6. The Balaban J connectivity index is 2.12. The van der Waals surface area contributed by atoms with Crippen LogP contribution in [0.25, 0.3) is 10.9 Å². The number of aromatic amines is 1. The number of anilines is 1. The summed E-state index contributed by atoms with van der Waals surface area (Å²) in [5.74, 6) is 0. The van der Waals surface area contributed by atoms with Gasteiger partial charge in [-0.3, -0.25) is 14.8 Å². The average Bonchev–Trinajstić information content (AvgIpc) is 2.83. The number of hydrogen-bond donors (Lipinski definition) is 2. The standard InChI is InChI=1S/C16H15N3O4S/c1-10-11(2)17-16-12(10)6-5-7-13(16)18-24(22,23)15-9-4-3-8-14(15)19(20)21/h3-9,17-18H,1-2H3. The number of nitro groups is 1. The van der Waals surface area contributed by atoms with E-state index in [0.29, 0.717) is 11.2 Å². The molecule has 0 aliphatic carbocycles. The lowest BCUT2D eigenvalue weighted by atomic mass is 10.1. The van der Waals surface area contributed by atoms with E-state index < -0.39 is 20.6 Å². The highest BCUT2D eigenvalue weighted by molar-refractivity contribution is 7.92. The summed E-state index contributed by atoms with van der Waals surface area (Å²) < 4.78 is 27.7. The van der Waals surface area contributed by atoms with Crippen molar-refractivity contribution in [2.75, 3.05) is 4.72 Å². The van der Waals surface area contributed by atoms with Gasteiger partial charge in [-0.15, -0.1) is 0 Å². The number of H-pyrrole nitrogens is 1. The van der Waals surface area contributed by atoms with Gasteiger partial charge in [-0.2, -0.15) is 0 Å². The van der Waals surface area contributed by atoms with Gasteiger partial charge in [0, 0.05) is 17.1 Å². The second-order valence-corrected chi connectivity index (χ2v) is 7.08. The second kappa shape index (κ2) is 5.64. The Morgan fingerprint density at radius 2 is 1.79 bits per heavy atom. The van der Waals surface area contributed by atoms with E-state index in [2.05, 4.69) is 9.71 Å². The molecule has 124 valence electrons. The first-order valence-corrected chi connectivity index (χ1v) is 8.63. The molecule has 0 saturated carbocycles. The fourth-order valence-corrected chi connectivity index (χ4v) is 3.85. The van der Waals surface area contributed by atoms with E-state index in [1.165, 1.54) is 18.2 Å². The Hall–Kier alpha value is -2.87. The van der Waals surface area contributed by atoms with Crippen molar-refractivity contribution >= 4 is 32.3 Å². The number of aryl methyl sites for hydroxylation is 2. The number of nitrogens with zero attached hydrogens (tertiary/aromatic N) is 1. The van der Waals surface area contributed by atoms with Crippen LogP contribution in [0.4, 0.5) is 11.4 Å². The Morgan fingerprint density at radius 3 is 2.50 bits per heavy atom. The van der Waals surface area contributed by atoms with E-state index in [1.54, 1.807) is 12.1 Å². The van der Waals surface area contributed by atoms with Crippen LogP contribution in [-0.4, -0.2) is 18.3 Å². The van der Waals surface area contributed by atoms with Crippen LogP contribution >= 0.6 is 0 Å². The second-order valence-electron chi connectivity index (χ2n) is 5.43. The molecule has 0 saturated heterocycles. The molecule has 0 fully saturated rings.